The fourth-order valence-corrected chi connectivity index (χ4v) is 1.59. The van der Waals surface area contributed by atoms with E-state index in [2.05, 4.69) is 0 Å². The van der Waals surface area contributed by atoms with Gasteiger partial charge < -0.3 is 9.64 Å². The van der Waals surface area contributed by atoms with E-state index in [1.165, 1.54) is 29.3 Å². The van der Waals surface area contributed by atoms with Crippen LogP contribution in [-0.2, 0) is 9.53 Å². The number of carbonyl (C=O) groups excluding carboxylic acids is 2. The van der Waals surface area contributed by atoms with Gasteiger partial charge in [0.15, 0.2) is 0 Å². The Balaban J connectivity index is 3.20. The predicted octanol–water partition coefficient (Wildman–Crippen LogP) is 1.79. The summed E-state index contributed by atoms with van der Waals surface area (Å²) in [7, 11) is 3.31. The molecule has 0 saturated heterocycles. The first-order chi connectivity index (χ1) is 9.86. The van der Waals surface area contributed by atoms with Crippen LogP contribution in [0.15, 0.2) is 36.0 Å². The van der Waals surface area contributed by atoms with Gasteiger partial charge in [-0.1, -0.05) is 12.1 Å². The van der Waals surface area contributed by atoms with E-state index in [1.807, 2.05) is 0 Å². The third kappa shape index (κ3) is 4.41. The minimum absolute atomic E-state index is 0.0605. The lowest BCUT2D eigenvalue weighted by atomic mass is 10.0. The maximum atomic E-state index is 12.4. The molecule has 7 heteroatoms. The monoisotopic (exact) mass is 292 g/mol. The Morgan fingerprint density at radius 1 is 1.38 bits per heavy atom. The molecule has 0 aliphatic heterocycles. The molecule has 0 radical (unpaired) electrons. The zero-order valence-electron chi connectivity index (χ0n) is 12.0. The van der Waals surface area contributed by atoms with Crippen LogP contribution in [0.5, 0.6) is 0 Å². The number of ketones is 1. The van der Waals surface area contributed by atoms with Crippen molar-refractivity contribution in [1.82, 2.24) is 4.90 Å². The molecule has 7 nitrogen and oxygen atoms in total. The van der Waals surface area contributed by atoms with Crippen LogP contribution in [0.25, 0.3) is 0 Å². The molecule has 0 aliphatic rings. The van der Waals surface area contributed by atoms with Crippen LogP contribution in [0.4, 0.5) is 5.69 Å². The summed E-state index contributed by atoms with van der Waals surface area (Å²) in [4.78, 5) is 35.9. The van der Waals surface area contributed by atoms with E-state index in [4.69, 9.17) is 4.74 Å². The number of hydrogen-bond acceptors (Lipinski definition) is 6. The molecule has 0 fully saturated rings. The average molecular weight is 292 g/mol. The van der Waals surface area contributed by atoms with Crippen LogP contribution in [0, 0.1) is 10.1 Å². The van der Waals surface area contributed by atoms with Gasteiger partial charge in [0.2, 0.25) is 5.78 Å². The Morgan fingerprint density at radius 3 is 2.57 bits per heavy atom. The van der Waals surface area contributed by atoms with Crippen molar-refractivity contribution in [2.45, 2.75) is 6.92 Å². The predicted molar refractivity (Wildman–Crippen MR) is 75.8 cm³/mol. The highest BCUT2D eigenvalue weighted by Crippen LogP contribution is 2.17. The van der Waals surface area contributed by atoms with Crippen LogP contribution in [0.1, 0.15) is 17.3 Å². The molecule has 1 aromatic rings. The molecule has 0 atom stereocenters. The van der Waals surface area contributed by atoms with Crippen LogP contribution in [-0.4, -0.2) is 42.3 Å². The summed E-state index contributed by atoms with van der Waals surface area (Å²) in [5.41, 5.74) is -0.332. The third-order valence-electron chi connectivity index (χ3n) is 2.45. The van der Waals surface area contributed by atoms with Gasteiger partial charge in [-0.25, -0.2) is 4.79 Å². The van der Waals surface area contributed by atoms with E-state index < -0.39 is 16.7 Å². The molecular weight excluding hydrogens is 276 g/mol. The third-order valence-corrected chi connectivity index (χ3v) is 2.45. The highest BCUT2D eigenvalue weighted by molar-refractivity contribution is 6.24. The number of nitrogens with zero attached hydrogens (tertiary/aromatic N) is 2. The molecule has 1 aromatic carbocycles. The standard InChI is InChI=1S/C14H16N2O5/c1-4-21-14(18)12(9-15(2)3)13(17)10-6-5-7-11(8-10)16(19)20/h5-9H,4H2,1-3H3/b12-9-. The molecule has 112 valence electrons. The summed E-state index contributed by atoms with van der Waals surface area (Å²) in [5.74, 6) is -1.38. The summed E-state index contributed by atoms with van der Waals surface area (Å²) >= 11 is 0. The highest BCUT2D eigenvalue weighted by atomic mass is 16.6. The number of esters is 1. The van der Waals surface area contributed by atoms with Crippen LogP contribution in [0.3, 0.4) is 0 Å². The lowest BCUT2D eigenvalue weighted by Gasteiger charge is -2.10. The lowest BCUT2D eigenvalue weighted by Crippen LogP contribution is -2.19. The maximum Gasteiger partial charge on any atom is 0.343 e. The van der Waals surface area contributed by atoms with Crippen molar-refractivity contribution in [3.8, 4) is 0 Å². The number of Topliss-reactive ketones (excluding diaryl/α,β-unsaturated/α-hetero) is 1. The van der Waals surface area contributed by atoms with Gasteiger partial charge >= 0.3 is 5.97 Å². The second-order valence-corrected chi connectivity index (χ2v) is 4.36. The van der Waals surface area contributed by atoms with Gasteiger partial charge in [0.05, 0.1) is 11.5 Å². The van der Waals surface area contributed by atoms with Gasteiger partial charge in [-0.15, -0.1) is 0 Å². The molecule has 0 amide bonds. The summed E-state index contributed by atoms with van der Waals surface area (Å²) in [5, 5.41) is 10.7. The van der Waals surface area contributed by atoms with Crippen molar-refractivity contribution in [3.63, 3.8) is 0 Å². The first kappa shape index (κ1) is 16.4. The van der Waals surface area contributed by atoms with E-state index in [-0.39, 0.29) is 23.4 Å². The number of rotatable bonds is 6. The Kier molecular flexibility index (Phi) is 5.59. The molecule has 0 N–H and O–H groups in total. The molecular formula is C14H16N2O5. The first-order valence-electron chi connectivity index (χ1n) is 6.21. The van der Waals surface area contributed by atoms with Gasteiger partial charge in [0.25, 0.3) is 5.69 Å². The Bertz CT molecular complexity index is 593. The summed E-state index contributed by atoms with van der Waals surface area (Å²) < 4.78 is 4.84. The van der Waals surface area contributed by atoms with E-state index in [1.54, 1.807) is 21.0 Å². The smallest absolute Gasteiger partial charge is 0.343 e. The topological polar surface area (TPSA) is 89.8 Å². The average Bonchev–Trinajstić information content (AvgIpc) is 2.44. The fraction of sp³-hybridized carbons (Fsp3) is 0.286. The molecule has 21 heavy (non-hydrogen) atoms. The summed E-state index contributed by atoms with van der Waals surface area (Å²) in [6.07, 6.45) is 1.33. The second kappa shape index (κ2) is 7.18. The molecule has 0 aromatic heterocycles. The largest absolute Gasteiger partial charge is 0.462 e. The van der Waals surface area contributed by atoms with Gasteiger partial charge in [-0.05, 0) is 6.92 Å². The number of ether oxygens (including phenoxy) is 1. The minimum atomic E-state index is -0.761. The quantitative estimate of drug-likeness (QED) is 0.151. The molecule has 0 aliphatic carbocycles. The summed E-state index contributed by atoms with van der Waals surface area (Å²) in [6.45, 7) is 1.76. The van der Waals surface area contributed by atoms with E-state index in [0.717, 1.165) is 6.07 Å². The van der Waals surface area contributed by atoms with Crippen molar-refractivity contribution in [3.05, 3.63) is 51.7 Å². The van der Waals surface area contributed by atoms with E-state index >= 15 is 0 Å². The number of hydrogen-bond donors (Lipinski definition) is 0. The van der Waals surface area contributed by atoms with Crippen LogP contribution in [0.2, 0.25) is 0 Å². The minimum Gasteiger partial charge on any atom is -0.462 e. The molecule has 0 bridgehead atoms. The Labute approximate surface area is 122 Å². The van der Waals surface area contributed by atoms with Crippen LogP contribution < -0.4 is 0 Å². The first-order valence-corrected chi connectivity index (χ1v) is 6.21. The maximum absolute atomic E-state index is 12.4. The number of carbonyl (C=O) groups is 2. The van der Waals surface area contributed by atoms with Crippen molar-refractivity contribution in [2.24, 2.45) is 0 Å². The van der Waals surface area contributed by atoms with Crippen molar-refractivity contribution < 1.29 is 19.2 Å². The zero-order chi connectivity index (χ0) is 16.0. The summed E-state index contributed by atoms with van der Waals surface area (Å²) in [6, 6.07) is 5.21. The fourth-order valence-electron chi connectivity index (χ4n) is 1.59. The second-order valence-electron chi connectivity index (χ2n) is 4.36. The molecule has 0 heterocycles. The van der Waals surface area contributed by atoms with Gasteiger partial charge in [-0.3, -0.25) is 14.9 Å². The van der Waals surface area contributed by atoms with E-state index in [0.29, 0.717) is 0 Å². The zero-order valence-corrected chi connectivity index (χ0v) is 12.0. The van der Waals surface area contributed by atoms with Gasteiger partial charge in [0.1, 0.15) is 5.57 Å². The normalized spacial score (nSPS) is 10.9. The van der Waals surface area contributed by atoms with Crippen molar-refractivity contribution in [1.29, 1.82) is 0 Å². The highest BCUT2D eigenvalue weighted by Gasteiger charge is 2.23. The van der Waals surface area contributed by atoms with Crippen LogP contribution >= 0.6 is 0 Å². The lowest BCUT2D eigenvalue weighted by molar-refractivity contribution is -0.384. The number of non-ortho nitro benzene ring substituents is 1. The molecule has 0 spiro atoms. The molecule has 0 unspecified atom stereocenters. The number of nitro benzene ring substituents is 1. The number of nitro groups is 1. The number of benzene rings is 1. The Hall–Kier alpha value is -2.70. The Morgan fingerprint density at radius 2 is 2.05 bits per heavy atom. The van der Waals surface area contributed by atoms with Crippen molar-refractivity contribution in [2.75, 3.05) is 20.7 Å². The van der Waals surface area contributed by atoms with Crippen molar-refractivity contribution >= 4 is 17.4 Å². The van der Waals surface area contributed by atoms with Gasteiger partial charge in [-0.2, -0.15) is 0 Å². The molecule has 0 saturated carbocycles. The van der Waals surface area contributed by atoms with E-state index in [9.17, 15) is 19.7 Å². The molecule has 1 rings (SSSR count). The van der Waals surface area contributed by atoms with Gasteiger partial charge in [0, 0.05) is 38.0 Å². The SMILES string of the molecule is CCOC(=O)/C(=C\N(C)C)C(=O)c1cccc([N+](=O)[O-])c1.